The predicted octanol–water partition coefficient (Wildman–Crippen LogP) is 2.11. The lowest BCUT2D eigenvalue weighted by Crippen LogP contribution is -2.31. The van der Waals surface area contributed by atoms with Crippen LogP contribution in [0, 0.1) is 10.1 Å². The average Bonchev–Trinajstić information content (AvgIpc) is 2.92. The predicted molar refractivity (Wildman–Crippen MR) is 110 cm³/mol. The Labute approximate surface area is 175 Å². The van der Waals surface area contributed by atoms with Crippen LogP contribution in [0.1, 0.15) is 18.2 Å². The highest BCUT2D eigenvalue weighted by Crippen LogP contribution is 2.43. The molecule has 12 heteroatoms. The minimum absolute atomic E-state index is 0.0446. The van der Waals surface area contributed by atoms with Crippen LogP contribution in [0.25, 0.3) is 11.0 Å². The number of aromatic hydroxyl groups is 1. The van der Waals surface area contributed by atoms with Crippen molar-refractivity contribution in [2.24, 2.45) is 10.7 Å². The van der Waals surface area contributed by atoms with Crippen LogP contribution in [0.15, 0.2) is 29.3 Å². The van der Waals surface area contributed by atoms with E-state index >= 15 is 0 Å². The Bertz CT molecular complexity index is 1250. The molecule has 2 aliphatic heterocycles. The van der Waals surface area contributed by atoms with Crippen molar-refractivity contribution in [3.8, 4) is 23.0 Å². The second kappa shape index (κ2) is 6.93. The number of fused-ring (bicyclic) bond motifs is 4. The molecule has 31 heavy (non-hydrogen) atoms. The fraction of sp³-hybridized carbons (Fsp3) is 0.263. The van der Waals surface area contributed by atoms with Gasteiger partial charge < -0.3 is 25.1 Å². The molecule has 4 N–H and O–H groups in total. The highest BCUT2D eigenvalue weighted by Gasteiger charge is 2.32. The molecule has 1 atom stereocenters. The molecule has 3 aromatic rings. The lowest BCUT2D eigenvalue weighted by atomic mass is 10.1. The smallest absolute Gasteiger partial charge is 0.280 e. The van der Waals surface area contributed by atoms with E-state index < -0.39 is 11.1 Å². The lowest BCUT2D eigenvalue weighted by molar-refractivity contribution is -0.385. The number of hydrogen-bond acceptors (Lipinski definition) is 10. The van der Waals surface area contributed by atoms with E-state index in [-0.39, 0.29) is 28.7 Å². The molecule has 0 radical (unpaired) electrons. The number of nitro groups is 1. The van der Waals surface area contributed by atoms with Gasteiger partial charge in [0.25, 0.3) is 5.69 Å². The average molecular weight is 426 g/mol. The van der Waals surface area contributed by atoms with Gasteiger partial charge in [-0.25, -0.2) is 9.98 Å². The monoisotopic (exact) mass is 426 g/mol. The third-order valence-electron chi connectivity index (χ3n) is 5.11. The number of hydrogen-bond donors (Lipinski definition) is 3. The van der Waals surface area contributed by atoms with E-state index in [9.17, 15) is 15.2 Å². The molecule has 0 bridgehead atoms. The number of rotatable bonds is 3. The molecule has 2 aromatic carbocycles. The third kappa shape index (κ3) is 2.99. The summed E-state index contributed by atoms with van der Waals surface area (Å²) >= 11 is 0. The number of nitrogens with two attached hydrogens (primary N) is 1. The van der Waals surface area contributed by atoms with E-state index in [1.165, 1.54) is 13.2 Å². The van der Waals surface area contributed by atoms with Crippen molar-refractivity contribution in [2.75, 3.05) is 25.6 Å². The molecular formula is C19H18N6O6. The maximum atomic E-state index is 11.7. The van der Waals surface area contributed by atoms with Crippen LogP contribution in [-0.4, -0.2) is 45.9 Å². The second-order valence-corrected chi connectivity index (χ2v) is 7.00. The highest BCUT2D eigenvalue weighted by molar-refractivity contribution is 5.95. The molecule has 2 aliphatic rings. The Kier molecular flexibility index (Phi) is 4.20. The fourth-order valence-electron chi connectivity index (χ4n) is 3.73. The van der Waals surface area contributed by atoms with Crippen molar-refractivity contribution < 1.29 is 24.2 Å². The van der Waals surface area contributed by atoms with Gasteiger partial charge in [-0.05, 0) is 6.07 Å². The quantitative estimate of drug-likeness (QED) is 0.421. The zero-order valence-corrected chi connectivity index (χ0v) is 16.4. The Balaban J connectivity index is 1.75. The molecule has 0 amide bonds. The molecule has 1 unspecified atom stereocenters. The van der Waals surface area contributed by atoms with Gasteiger partial charge in [0.2, 0.25) is 5.95 Å². The van der Waals surface area contributed by atoms with Crippen LogP contribution in [-0.2, 0) is 0 Å². The number of nitro benzene ring substituents is 1. The van der Waals surface area contributed by atoms with E-state index in [1.807, 2.05) is 0 Å². The summed E-state index contributed by atoms with van der Waals surface area (Å²) in [7, 11) is 1.36. The van der Waals surface area contributed by atoms with Crippen molar-refractivity contribution in [1.82, 2.24) is 9.55 Å². The van der Waals surface area contributed by atoms with Crippen LogP contribution in [0.2, 0.25) is 0 Å². The number of methoxy groups -OCH3 is 1. The Hall–Kier alpha value is -4.22. The standard InChI is InChI=1S/C19H18N6O6/c1-29-14-5-9(11(25(27)28)7-13(14)26)17-22-18(20)23-19-21-10-6-15-16(8-12(10)24(17)19)31-4-2-3-30-15/h5-8,17,26H,2-4H2,1H3,(H3,20,21,22,23). The summed E-state index contributed by atoms with van der Waals surface area (Å²) in [4.78, 5) is 20.1. The van der Waals surface area contributed by atoms with Crippen molar-refractivity contribution in [2.45, 2.75) is 12.6 Å². The Morgan fingerprint density at radius 2 is 2.03 bits per heavy atom. The van der Waals surface area contributed by atoms with Crippen molar-refractivity contribution in [1.29, 1.82) is 0 Å². The summed E-state index contributed by atoms with van der Waals surface area (Å²) < 4.78 is 18.4. The van der Waals surface area contributed by atoms with Gasteiger partial charge in [-0.1, -0.05) is 0 Å². The SMILES string of the molecule is COc1cc(C2N=C(N)Nc3nc4cc5c(cc4n32)OCCCO5)c([N+](=O)[O-])cc1O. The van der Waals surface area contributed by atoms with E-state index in [0.717, 1.165) is 12.5 Å². The van der Waals surface area contributed by atoms with Gasteiger partial charge in [-0.3, -0.25) is 20.0 Å². The molecule has 1 aromatic heterocycles. The van der Waals surface area contributed by atoms with Gasteiger partial charge in [0.1, 0.15) is 0 Å². The topological polar surface area (TPSA) is 159 Å². The first kappa shape index (κ1) is 18.8. The minimum Gasteiger partial charge on any atom is -0.504 e. The number of aliphatic imine (C=N–C) groups is 1. The Morgan fingerprint density at radius 1 is 1.29 bits per heavy atom. The van der Waals surface area contributed by atoms with Crippen molar-refractivity contribution >= 4 is 28.6 Å². The first-order valence-electron chi connectivity index (χ1n) is 9.43. The number of ether oxygens (including phenoxy) is 3. The maximum absolute atomic E-state index is 11.7. The minimum atomic E-state index is -0.930. The molecule has 160 valence electrons. The van der Waals surface area contributed by atoms with Gasteiger partial charge >= 0.3 is 0 Å². The molecule has 0 saturated heterocycles. The second-order valence-electron chi connectivity index (χ2n) is 7.00. The first-order valence-corrected chi connectivity index (χ1v) is 9.43. The third-order valence-corrected chi connectivity index (χ3v) is 5.11. The molecule has 5 rings (SSSR count). The van der Waals surface area contributed by atoms with Crippen molar-refractivity contribution in [3.05, 3.63) is 39.9 Å². The molecule has 0 fully saturated rings. The van der Waals surface area contributed by atoms with Crippen LogP contribution in [0.4, 0.5) is 11.6 Å². The highest BCUT2D eigenvalue weighted by atomic mass is 16.6. The van der Waals surface area contributed by atoms with Crippen molar-refractivity contribution in [3.63, 3.8) is 0 Å². The molecule has 0 aliphatic carbocycles. The normalized spacial score (nSPS) is 17.3. The number of phenolic OH excluding ortho intramolecular Hbond substituents is 1. The number of benzene rings is 2. The zero-order chi connectivity index (χ0) is 21.7. The van der Waals surface area contributed by atoms with Gasteiger partial charge in [0, 0.05) is 18.6 Å². The summed E-state index contributed by atoms with van der Waals surface area (Å²) in [5, 5.41) is 24.7. The summed E-state index contributed by atoms with van der Waals surface area (Å²) in [5.41, 5.74) is 7.00. The van der Waals surface area contributed by atoms with Crippen LogP contribution < -0.4 is 25.3 Å². The summed E-state index contributed by atoms with van der Waals surface area (Å²) in [6, 6.07) is 5.92. The number of anilines is 1. The number of imidazole rings is 1. The van der Waals surface area contributed by atoms with Crippen LogP contribution >= 0.6 is 0 Å². The summed E-state index contributed by atoms with van der Waals surface area (Å²) in [5.74, 6) is 1.24. The van der Waals surface area contributed by atoms with Gasteiger partial charge in [-0.15, -0.1) is 0 Å². The number of nitrogens with one attached hydrogen (secondary N) is 1. The molecule has 3 heterocycles. The van der Waals surface area contributed by atoms with Crippen LogP contribution in [0.5, 0.6) is 23.0 Å². The first-order chi connectivity index (χ1) is 15.0. The van der Waals surface area contributed by atoms with Gasteiger partial charge in [0.15, 0.2) is 35.1 Å². The largest absolute Gasteiger partial charge is 0.504 e. The number of aromatic nitrogens is 2. The molecule has 0 spiro atoms. The van der Waals surface area contributed by atoms with Crippen LogP contribution in [0.3, 0.4) is 0 Å². The molecule has 0 saturated carbocycles. The number of nitrogens with zero attached hydrogens (tertiary/aromatic N) is 4. The Morgan fingerprint density at radius 3 is 2.74 bits per heavy atom. The zero-order valence-electron chi connectivity index (χ0n) is 16.4. The van der Waals surface area contributed by atoms with E-state index in [2.05, 4.69) is 15.3 Å². The molecule has 12 nitrogen and oxygen atoms in total. The van der Waals surface area contributed by atoms with E-state index in [0.29, 0.717) is 41.7 Å². The molecular weight excluding hydrogens is 408 g/mol. The maximum Gasteiger partial charge on any atom is 0.280 e. The summed E-state index contributed by atoms with van der Waals surface area (Å²) in [6.45, 7) is 1.04. The summed E-state index contributed by atoms with van der Waals surface area (Å²) in [6.07, 6.45) is -0.178. The van der Waals surface area contributed by atoms with E-state index in [1.54, 1.807) is 16.7 Å². The van der Waals surface area contributed by atoms with Gasteiger partial charge in [0.05, 0.1) is 47.9 Å². The van der Waals surface area contributed by atoms with E-state index in [4.69, 9.17) is 19.9 Å². The van der Waals surface area contributed by atoms with Gasteiger partial charge in [-0.2, -0.15) is 0 Å². The lowest BCUT2D eigenvalue weighted by Gasteiger charge is -2.24. The number of phenols is 1. The number of guanidine groups is 1. The fourth-order valence-corrected chi connectivity index (χ4v) is 3.73.